The van der Waals surface area contributed by atoms with Gasteiger partial charge in [0, 0.05) is 6.54 Å². The summed E-state index contributed by atoms with van der Waals surface area (Å²) in [5, 5.41) is 2.61. The summed E-state index contributed by atoms with van der Waals surface area (Å²) in [4.78, 5) is 50.1. The van der Waals surface area contributed by atoms with Crippen molar-refractivity contribution in [2.75, 3.05) is 13.2 Å². The van der Waals surface area contributed by atoms with Crippen molar-refractivity contribution >= 4 is 29.8 Å². The van der Waals surface area contributed by atoms with E-state index >= 15 is 0 Å². The number of carbonyl (C=O) groups excluding carboxylic acids is 4. The lowest BCUT2D eigenvalue weighted by molar-refractivity contribution is -0.160. The molecule has 3 amide bonds. The molecule has 2 aliphatic rings. The van der Waals surface area contributed by atoms with Crippen LogP contribution in [0.5, 0.6) is 0 Å². The number of halogens is 3. The first-order valence-corrected chi connectivity index (χ1v) is 14.3. The highest BCUT2D eigenvalue weighted by Gasteiger charge is 2.54. The normalized spacial score (nSPS) is 18.1. The van der Waals surface area contributed by atoms with Gasteiger partial charge in [-0.05, 0) is 44.0 Å². The third kappa shape index (κ3) is 10.1. The minimum Gasteiger partial charge on any atom is -0.448 e. The molecule has 0 spiro atoms. The Morgan fingerprint density at radius 1 is 0.956 bits per heavy atom. The van der Waals surface area contributed by atoms with Gasteiger partial charge in [-0.25, -0.2) is 4.79 Å². The zero-order chi connectivity index (χ0) is 33.0. The number of nitrogens with one attached hydrogen (secondary N) is 1. The molecule has 0 aliphatic carbocycles. The number of Topliss-reactive ketones (excluding diaryl/α,β-unsaturated/α-hetero) is 1. The molecule has 3 aromatic rings. The number of amides is 3. The summed E-state index contributed by atoms with van der Waals surface area (Å²) in [5.74, 6) is -0.746. The summed E-state index contributed by atoms with van der Waals surface area (Å²) < 4.78 is 43.8. The molecule has 238 valence electrons. The standard InChI is InChI=1S/C25H24F3N3O4.C6H6.C3H6O/c1-16(22(32)29-15-18-8-5-9-19(14-18)25(26,27)28)31-20(11-10-17-6-3-2-4-7-17)21(23(31)33)30-12-13-35-24(30)34;1-2-4-6-5-3-1;1-3(2)4/h2-11,14,16,20-21H,12-13,15H2,1H3,(H,29,32);1-6H;1-2H3/b11-10+;;/t16?,20-,21+;;/m1../s1. The number of ketones is 1. The molecule has 11 heteroatoms. The topological polar surface area (TPSA) is 96.0 Å². The van der Waals surface area contributed by atoms with Gasteiger partial charge in [-0.3, -0.25) is 14.5 Å². The molecule has 0 radical (unpaired) electrons. The minimum atomic E-state index is -4.48. The second kappa shape index (κ2) is 16.2. The number of cyclic esters (lactones) is 1. The number of ether oxygens (including phenoxy) is 1. The number of hydrogen-bond acceptors (Lipinski definition) is 5. The molecule has 2 aliphatic heterocycles. The summed E-state index contributed by atoms with van der Waals surface area (Å²) in [6, 6.07) is 23.8. The second-order valence-corrected chi connectivity index (χ2v) is 10.4. The number of β-lactam (4-membered cyclic amide) rings is 1. The van der Waals surface area contributed by atoms with Crippen molar-refractivity contribution < 1.29 is 37.1 Å². The third-order valence-corrected chi connectivity index (χ3v) is 6.75. The van der Waals surface area contributed by atoms with Gasteiger partial charge in [-0.15, -0.1) is 0 Å². The lowest BCUT2D eigenvalue weighted by Gasteiger charge is -2.50. The number of rotatable bonds is 7. The van der Waals surface area contributed by atoms with E-state index in [0.29, 0.717) is 0 Å². The van der Waals surface area contributed by atoms with Crippen molar-refractivity contribution in [1.29, 1.82) is 0 Å². The molecule has 2 fully saturated rings. The molecule has 0 saturated carbocycles. The first-order chi connectivity index (χ1) is 21.4. The van der Waals surface area contributed by atoms with Crippen molar-refractivity contribution in [3.05, 3.63) is 114 Å². The average Bonchev–Trinajstić information content (AvgIpc) is 3.43. The van der Waals surface area contributed by atoms with Gasteiger partial charge in [0.25, 0.3) is 0 Å². The van der Waals surface area contributed by atoms with Crippen LogP contribution in [-0.4, -0.2) is 64.8 Å². The van der Waals surface area contributed by atoms with Gasteiger partial charge in [0.15, 0.2) is 0 Å². The fourth-order valence-electron chi connectivity index (χ4n) is 4.62. The van der Waals surface area contributed by atoms with Gasteiger partial charge in [0.2, 0.25) is 11.8 Å². The first-order valence-electron chi connectivity index (χ1n) is 14.3. The summed E-state index contributed by atoms with van der Waals surface area (Å²) >= 11 is 0. The summed E-state index contributed by atoms with van der Waals surface area (Å²) in [7, 11) is 0. The van der Waals surface area contributed by atoms with E-state index in [4.69, 9.17) is 4.74 Å². The van der Waals surface area contributed by atoms with Crippen LogP contribution in [0.15, 0.2) is 97.1 Å². The van der Waals surface area contributed by atoms with E-state index in [9.17, 15) is 32.3 Å². The Bertz CT molecular complexity index is 1430. The van der Waals surface area contributed by atoms with Crippen LogP contribution >= 0.6 is 0 Å². The number of hydrogen-bond donors (Lipinski definition) is 1. The first kappa shape index (κ1) is 34.6. The van der Waals surface area contributed by atoms with Crippen LogP contribution < -0.4 is 5.32 Å². The highest BCUT2D eigenvalue weighted by atomic mass is 19.4. The van der Waals surface area contributed by atoms with Crippen molar-refractivity contribution in [3.63, 3.8) is 0 Å². The Morgan fingerprint density at radius 3 is 2.07 bits per heavy atom. The molecule has 1 N–H and O–H groups in total. The summed E-state index contributed by atoms with van der Waals surface area (Å²) in [6.45, 7) is 4.93. The van der Waals surface area contributed by atoms with E-state index in [0.717, 1.165) is 17.7 Å². The minimum absolute atomic E-state index is 0.123. The highest BCUT2D eigenvalue weighted by Crippen LogP contribution is 2.32. The van der Waals surface area contributed by atoms with E-state index in [1.54, 1.807) is 13.0 Å². The predicted octanol–water partition coefficient (Wildman–Crippen LogP) is 5.74. The van der Waals surface area contributed by atoms with Crippen LogP contribution in [0.2, 0.25) is 0 Å². The number of benzene rings is 3. The second-order valence-electron chi connectivity index (χ2n) is 10.4. The maximum absolute atomic E-state index is 13.0. The quantitative estimate of drug-likeness (QED) is 0.339. The van der Waals surface area contributed by atoms with E-state index in [1.807, 2.05) is 72.8 Å². The van der Waals surface area contributed by atoms with Crippen LogP contribution in [0.4, 0.5) is 18.0 Å². The van der Waals surface area contributed by atoms with Gasteiger partial charge in [-0.2, -0.15) is 13.2 Å². The van der Waals surface area contributed by atoms with Crippen molar-refractivity contribution in [2.45, 2.75) is 51.6 Å². The molecule has 8 nitrogen and oxygen atoms in total. The summed E-state index contributed by atoms with van der Waals surface area (Å²) in [6.07, 6.45) is -1.49. The molecular formula is C34H36F3N3O5. The van der Waals surface area contributed by atoms with Crippen LogP contribution in [0, 0.1) is 0 Å². The van der Waals surface area contributed by atoms with Crippen molar-refractivity contribution in [1.82, 2.24) is 15.1 Å². The molecule has 3 atom stereocenters. The monoisotopic (exact) mass is 623 g/mol. The number of nitrogens with zero attached hydrogens (tertiary/aromatic N) is 2. The zero-order valence-corrected chi connectivity index (χ0v) is 25.2. The molecule has 5 rings (SSSR count). The molecule has 2 saturated heterocycles. The van der Waals surface area contributed by atoms with Gasteiger partial charge in [0.05, 0.1) is 18.2 Å². The van der Waals surface area contributed by atoms with Gasteiger partial charge >= 0.3 is 12.3 Å². The van der Waals surface area contributed by atoms with Crippen molar-refractivity contribution in [3.8, 4) is 0 Å². The molecule has 0 aromatic heterocycles. The van der Waals surface area contributed by atoms with E-state index < -0.39 is 47.8 Å². The molecular weight excluding hydrogens is 587 g/mol. The Labute approximate surface area is 260 Å². The maximum atomic E-state index is 13.0. The van der Waals surface area contributed by atoms with Crippen LogP contribution in [0.3, 0.4) is 0 Å². The Hall–Kier alpha value is -4.93. The average molecular weight is 624 g/mol. The van der Waals surface area contributed by atoms with Gasteiger partial charge in [-0.1, -0.05) is 91.0 Å². The van der Waals surface area contributed by atoms with E-state index in [-0.39, 0.29) is 31.0 Å². The molecule has 45 heavy (non-hydrogen) atoms. The molecule has 0 bridgehead atoms. The maximum Gasteiger partial charge on any atom is 0.416 e. The zero-order valence-electron chi connectivity index (χ0n) is 25.2. The Balaban J connectivity index is 0.000000473. The van der Waals surface area contributed by atoms with E-state index in [1.165, 1.54) is 35.8 Å². The van der Waals surface area contributed by atoms with Crippen LogP contribution in [0.25, 0.3) is 6.08 Å². The molecule has 1 unspecified atom stereocenters. The summed E-state index contributed by atoms with van der Waals surface area (Å²) in [5.41, 5.74) is 0.367. The van der Waals surface area contributed by atoms with E-state index in [2.05, 4.69) is 5.32 Å². The molecule has 3 aromatic carbocycles. The lowest BCUT2D eigenvalue weighted by atomic mass is 9.90. The van der Waals surface area contributed by atoms with Crippen molar-refractivity contribution in [2.24, 2.45) is 0 Å². The molecule has 2 heterocycles. The number of likely N-dealkylation sites (tertiary alicyclic amines) is 1. The Morgan fingerprint density at radius 2 is 1.53 bits per heavy atom. The Kier molecular flexibility index (Phi) is 12.5. The fraction of sp³-hybridized carbons (Fsp3) is 0.294. The smallest absolute Gasteiger partial charge is 0.416 e. The van der Waals surface area contributed by atoms with Crippen LogP contribution in [0.1, 0.15) is 37.5 Å². The largest absolute Gasteiger partial charge is 0.448 e. The predicted molar refractivity (Wildman–Crippen MR) is 164 cm³/mol. The highest BCUT2D eigenvalue weighted by molar-refractivity contribution is 5.97. The SMILES string of the molecule is CC(C(=O)NCc1cccc(C(F)(F)F)c1)N1C(=O)[C@@H](N2CCOC2=O)[C@H]1/C=C/c1ccccc1.CC(C)=O.c1ccccc1. The third-order valence-electron chi connectivity index (χ3n) is 6.75. The van der Waals surface area contributed by atoms with Gasteiger partial charge < -0.3 is 19.7 Å². The van der Waals surface area contributed by atoms with Gasteiger partial charge in [0.1, 0.15) is 24.5 Å². The lowest BCUT2D eigenvalue weighted by Crippen LogP contribution is -2.73. The number of alkyl halides is 3. The fourth-order valence-corrected chi connectivity index (χ4v) is 4.62. The number of carbonyl (C=O) groups is 4. The van der Waals surface area contributed by atoms with Crippen LogP contribution in [-0.2, 0) is 31.8 Å².